The summed E-state index contributed by atoms with van der Waals surface area (Å²) in [4.78, 5) is 27.8. The topological polar surface area (TPSA) is 85.2 Å². The maximum atomic E-state index is 12.6. The van der Waals surface area contributed by atoms with Crippen molar-refractivity contribution in [1.29, 1.82) is 0 Å². The number of nitrogens with one attached hydrogen (secondary N) is 1. The van der Waals surface area contributed by atoms with Crippen molar-refractivity contribution < 1.29 is 14.3 Å². The van der Waals surface area contributed by atoms with Gasteiger partial charge in [-0.2, -0.15) is 0 Å². The van der Waals surface area contributed by atoms with Gasteiger partial charge >= 0.3 is 5.97 Å². The zero-order valence-corrected chi connectivity index (χ0v) is 13.6. The van der Waals surface area contributed by atoms with Gasteiger partial charge in [0, 0.05) is 33.4 Å². The van der Waals surface area contributed by atoms with E-state index in [1.807, 2.05) is 24.3 Å². The lowest BCUT2D eigenvalue weighted by Crippen LogP contribution is -2.24. The number of carbonyl (C=O) groups is 2. The number of ketones is 1. The van der Waals surface area contributed by atoms with Crippen LogP contribution in [0.1, 0.15) is 27.6 Å². The van der Waals surface area contributed by atoms with E-state index in [-0.39, 0.29) is 17.0 Å². The molecular formula is C18H15ClN2O3. The molecule has 0 bridgehead atoms. The van der Waals surface area contributed by atoms with Gasteiger partial charge in [-0.15, -0.1) is 0 Å². The molecule has 0 radical (unpaired) electrons. The predicted octanol–water partition coefficient (Wildman–Crippen LogP) is 3.83. The summed E-state index contributed by atoms with van der Waals surface area (Å²) in [5.74, 6) is -0.946. The number of ether oxygens (including phenoxy) is 1. The lowest BCUT2D eigenvalue weighted by molar-refractivity contribution is 0.0320. The third kappa shape index (κ3) is 2.98. The molecule has 0 saturated heterocycles. The second-order valence-electron chi connectivity index (χ2n) is 5.39. The third-order valence-electron chi connectivity index (χ3n) is 3.74. The summed E-state index contributed by atoms with van der Waals surface area (Å²) in [7, 11) is 0. The van der Waals surface area contributed by atoms with Crippen LogP contribution in [0.4, 0.5) is 5.69 Å². The van der Waals surface area contributed by atoms with E-state index in [1.54, 1.807) is 12.3 Å². The quantitative estimate of drug-likeness (QED) is 0.428. The van der Waals surface area contributed by atoms with Gasteiger partial charge in [0.2, 0.25) is 5.78 Å². The number of halogens is 1. The number of nitrogen functional groups attached to an aromatic ring is 1. The van der Waals surface area contributed by atoms with E-state index in [0.29, 0.717) is 10.6 Å². The van der Waals surface area contributed by atoms with Crippen LogP contribution < -0.4 is 5.73 Å². The largest absolute Gasteiger partial charge is 0.451 e. The molecular weight excluding hydrogens is 328 g/mol. The minimum Gasteiger partial charge on any atom is -0.451 e. The first-order valence-electron chi connectivity index (χ1n) is 7.33. The monoisotopic (exact) mass is 342 g/mol. The Labute approximate surface area is 143 Å². The molecule has 0 aliphatic carbocycles. The number of H-pyrrole nitrogens is 1. The molecule has 24 heavy (non-hydrogen) atoms. The van der Waals surface area contributed by atoms with E-state index in [4.69, 9.17) is 22.1 Å². The smallest absolute Gasteiger partial charge is 0.340 e. The minimum absolute atomic E-state index is 0.179. The molecule has 1 atom stereocenters. The van der Waals surface area contributed by atoms with Crippen molar-refractivity contribution in [3.05, 3.63) is 64.8 Å². The van der Waals surface area contributed by atoms with Crippen LogP contribution >= 0.6 is 11.6 Å². The second-order valence-corrected chi connectivity index (χ2v) is 5.83. The van der Waals surface area contributed by atoms with Gasteiger partial charge in [0.1, 0.15) is 0 Å². The number of aromatic nitrogens is 1. The number of fused-ring (bicyclic) bond motifs is 1. The van der Waals surface area contributed by atoms with E-state index in [1.165, 1.54) is 19.1 Å². The molecule has 5 nitrogen and oxygen atoms in total. The Morgan fingerprint density at radius 3 is 2.67 bits per heavy atom. The SMILES string of the molecule is CC(OC(=O)c1ccc(Cl)cc1N)C(=O)c1c[nH]c2ccccc12. The molecule has 6 heteroatoms. The summed E-state index contributed by atoms with van der Waals surface area (Å²) in [5.41, 5.74) is 7.48. The minimum atomic E-state index is -0.938. The average molecular weight is 343 g/mol. The standard InChI is InChI=1S/C18H15ClN2O3/c1-10(24-18(23)13-7-6-11(19)8-15(13)20)17(22)14-9-21-16-5-3-2-4-12(14)16/h2-10,21H,20H2,1H3. The lowest BCUT2D eigenvalue weighted by Gasteiger charge is -2.13. The van der Waals surface area contributed by atoms with E-state index < -0.39 is 12.1 Å². The number of Topliss-reactive ketones (excluding diaryl/α,β-unsaturated/α-hetero) is 1. The van der Waals surface area contributed by atoms with E-state index in [0.717, 1.165) is 10.9 Å². The Kier molecular flexibility index (Phi) is 4.27. The van der Waals surface area contributed by atoms with E-state index >= 15 is 0 Å². The zero-order valence-electron chi connectivity index (χ0n) is 12.9. The first kappa shape index (κ1) is 16.1. The molecule has 3 aromatic rings. The highest BCUT2D eigenvalue weighted by Gasteiger charge is 2.23. The number of esters is 1. The zero-order chi connectivity index (χ0) is 17.3. The molecule has 3 rings (SSSR count). The van der Waals surface area contributed by atoms with Crippen molar-refractivity contribution in [2.75, 3.05) is 5.73 Å². The summed E-state index contributed by atoms with van der Waals surface area (Å²) >= 11 is 5.81. The van der Waals surface area contributed by atoms with Gasteiger partial charge in [0.15, 0.2) is 6.10 Å². The number of nitrogens with two attached hydrogens (primary N) is 1. The fourth-order valence-corrected chi connectivity index (χ4v) is 2.67. The number of anilines is 1. The molecule has 1 unspecified atom stereocenters. The number of rotatable bonds is 4. The lowest BCUT2D eigenvalue weighted by atomic mass is 10.1. The van der Waals surface area contributed by atoms with Crippen LogP contribution in [0.25, 0.3) is 10.9 Å². The first-order chi connectivity index (χ1) is 11.5. The van der Waals surface area contributed by atoms with Gasteiger partial charge in [-0.1, -0.05) is 29.8 Å². The molecule has 2 aromatic carbocycles. The average Bonchev–Trinajstić information content (AvgIpc) is 2.97. The summed E-state index contributed by atoms with van der Waals surface area (Å²) in [6.45, 7) is 1.54. The fraction of sp³-hybridized carbons (Fsp3) is 0.111. The second kappa shape index (κ2) is 6.37. The number of para-hydroxylation sites is 1. The highest BCUT2D eigenvalue weighted by molar-refractivity contribution is 6.31. The van der Waals surface area contributed by atoms with Crippen molar-refractivity contribution in [1.82, 2.24) is 4.98 Å². The Hall–Kier alpha value is -2.79. The highest BCUT2D eigenvalue weighted by Crippen LogP contribution is 2.22. The van der Waals surface area contributed by atoms with Crippen molar-refractivity contribution in [2.45, 2.75) is 13.0 Å². The molecule has 0 spiro atoms. The molecule has 0 fully saturated rings. The van der Waals surface area contributed by atoms with Crippen LogP contribution in [-0.2, 0) is 4.74 Å². The summed E-state index contributed by atoms with van der Waals surface area (Å²) in [6.07, 6.45) is 0.681. The molecule has 1 heterocycles. The maximum absolute atomic E-state index is 12.6. The fourth-order valence-electron chi connectivity index (χ4n) is 2.49. The van der Waals surface area contributed by atoms with E-state index in [2.05, 4.69) is 4.98 Å². The van der Waals surface area contributed by atoms with Gasteiger partial charge in [-0.3, -0.25) is 4.79 Å². The van der Waals surface area contributed by atoms with E-state index in [9.17, 15) is 9.59 Å². The molecule has 122 valence electrons. The van der Waals surface area contributed by atoms with Crippen LogP contribution in [-0.4, -0.2) is 22.8 Å². The normalized spacial score (nSPS) is 12.1. The van der Waals surface area contributed by atoms with Gasteiger partial charge in [-0.25, -0.2) is 4.79 Å². The van der Waals surface area contributed by atoms with Crippen LogP contribution in [0.15, 0.2) is 48.7 Å². The maximum Gasteiger partial charge on any atom is 0.340 e. The van der Waals surface area contributed by atoms with Crippen LogP contribution in [0.3, 0.4) is 0 Å². The number of benzene rings is 2. The van der Waals surface area contributed by atoms with Crippen LogP contribution in [0.2, 0.25) is 5.02 Å². The molecule has 0 aliphatic rings. The van der Waals surface area contributed by atoms with Crippen molar-refractivity contribution in [2.24, 2.45) is 0 Å². The Morgan fingerprint density at radius 1 is 1.17 bits per heavy atom. The molecule has 1 aromatic heterocycles. The van der Waals surface area contributed by atoms with Crippen LogP contribution in [0.5, 0.6) is 0 Å². The molecule has 0 amide bonds. The van der Waals surface area contributed by atoms with Crippen molar-refractivity contribution in [3.8, 4) is 0 Å². The summed E-state index contributed by atoms with van der Waals surface area (Å²) in [5, 5.41) is 1.21. The van der Waals surface area contributed by atoms with Gasteiger partial charge in [0.25, 0.3) is 0 Å². The third-order valence-corrected chi connectivity index (χ3v) is 3.98. The highest BCUT2D eigenvalue weighted by atomic mass is 35.5. The molecule has 0 saturated carbocycles. The Balaban J connectivity index is 1.80. The summed E-state index contributed by atoms with van der Waals surface area (Å²) < 4.78 is 5.27. The molecule has 3 N–H and O–H groups in total. The molecule has 0 aliphatic heterocycles. The Morgan fingerprint density at radius 2 is 1.92 bits per heavy atom. The van der Waals surface area contributed by atoms with Gasteiger partial charge < -0.3 is 15.5 Å². The van der Waals surface area contributed by atoms with Gasteiger partial charge in [-0.05, 0) is 31.2 Å². The Bertz CT molecular complexity index is 933. The number of aromatic amines is 1. The van der Waals surface area contributed by atoms with Crippen LogP contribution in [0, 0.1) is 0 Å². The van der Waals surface area contributed by atoms with Crippen molar-refractivity contribution >= 4 is 39.9 Å². The van der Waals surface area contributed by atoms with Gasteiger partial charge in [0.05, 0.1) is 5.56 Å². The van der Waals surface area contributed by atoms with Crippen molar-refractivity contribution in [3.63, 3.8) is 0 Å². The first-order valence-corrected chi connectivity index (χ1v) is 7.71. The predicted molar refractivity (Wildman–Crippen MR) is 93.4 cm³/mol. The summed E-state index contributed by atoms with van der Waals surface area (Å²) in [6, 6.07) is 11.9. The number of hydrogen-bond donors (Lipinski definition) is 2. The number of hydrogen-bond acceptors (Lipinski definition) is 4. The number of carbonyl (C=O) groups excluding carboxylic acids is 2.